The summed E-state index contributed by atoms with van der Waals surface area (Å²) in [6, 6.07) is 40.1. The molecule has 5 heteroatoms. The minimum Gasteiger partial charge on any atom is -0.456 e. The summed E-state index contributed by atoms with van der Waals surface area (Å²) in [7, 11) is 0. The first-order valence-corrected chi connectivity index (χ1v) is 22.0. The van der Waals surface area contributed by atoms with Crippen LogP contribution in [0, 0.1) is 23.7 Å². The van der Waals surface area contributed by atoms with E-state index >= 15 is 0 Å². The van der Waals surface area contributed by atoms with E-state index in [0.29, 0.717) is 0 Å². The number of hydrogen-bond acceptors (Lipinski definition) is 5. The lowest BCUT2D eigenvalue weighted by atomic mass is 9.86. The molecule has 10 aromatic rings. The fraction of sp³-hybridized carbons (Fsp3) is 0.296. The van der Waals surface area contributed by atoms with Crippen LogP contribution in [0.2, 0.25) is 0 Å². The molecule has 5 heterocycles. The molecule has 0 unspecified atom stereocenters. The van der Waals surface area contributed by atoms with Crippen LogP contribution in [0.4, 0.5) is 11.4 Å². The summed E-state index contributed by atoms with van der Waals surface area (Å²) < 4.78 is 20.7. The van der Waals surface area contributed by atoms with Crippen molar-refractivity contribution in [1.82, 2.24) is 0 Å². The van der Waals surface area contributed by atoms with Gasteiger partial charge in [-0.1, -0.05) is 76.2 Å². The monoisotopic (exact) mass is 774 g/mol. The minimum absolute atomic E-state index is 0.742. The van der Waals surface area contributed by atoms with Crippen molar-refractivity contribution in [2.45, 2.75) is 53.4 Å². The standard InChI is InChI=1S/C54H50N2O3/c1-31(2)33-16-20-55(21-17-33)39-14-12-35-26-45-48(28-37(35)24-39)57-50-30-44(43-10-7-9-42-41-8-5-6-11-47(41)58-53(42)43)54-52(51(45)50)46-27-36-13-15-40(25-38(36)29-49(46)59-54)56-22-18-34(19-23-56)32(3)4/h5-15,24-34H,16-23H2,1-4H3. The Morgan fingerprint density at radius 2 is 0.983 bits per heavy atom. The minimum atomic E-state index is 0.742. The predicted octanol–water partition coefficient (Wildman–Crippen LogP) is 15.1. The Balaban J connectivity index is 1.06. The molecule has 0 bridgehead atoms. The lowest BCUT2D eigenvalue weighted by Crippen LogP contribution is -2.35. The highest BCUT2D eigenvalue weighted by atomic mass is 16.3. The van der Waals surface area contributed by atoms with Gasteiger partial charge in [0.1, 0.15) is 33.5 Å². The number of rotatable bonds is 5. The third-order valence-electron chi connectivity index (χ3n) is 14.4. The van der Waals surface area contributed by atoms with Crippen molar-refractivity contribution in [2.24, 2.45) is 23.7 Å². The molecule has 59 heavy (non-hydrogen) atoms. The summed E-state index contributed by atoms with van der Waals surface area (Å²) in [5.74, 6) is 3.11. The van der Waals surface area contributed by atoms with E-state index in [-0.39, 0.29) is 0 Å². The van der Waals surface area contributed by atoms with Crippen molar-refractivity contribution in [3.63, 3.8) is 0 Å². The molecule has 0 aliphatic carbocycles. The maximum atomic E-state index is 7.11. The molecular formula is C54H50N2O3. The number of benzene rings is 7. The van der Waals surface area contributed by atoms with Gasteiger partial charge in [0.05, 0.1) is 0 Å². The van der Waals surface area contributed by atoms with Crippen LogP contribution in [0.15, 0.2) is 122 Å². The summed E-state index contributed by atoms with van der Waals surface area (Å²) >= 11 is 0. The number of para-hydroxylation sites is 2. The highest BCUT2D eigenvalue weighted by Crippen LogP contribution is 2.48. The molecular weight excluding hydrogens is 725 g/mol. The fourth-order valence-corrected chi connectivity index (χ4v) is 10.9. The van der Waals surface area contributed by atoms with E-state index in [2.05, 4.69) is 141 Å². The molecule has 2 aliphatic rings. The molecule has 2 aliphatic heterocycles. The number of furan rings is 3. The lowest BCUT2D eigenvalue weighted by Gasteiger charge is -2.35. The van der Waals surface area contributed by atoms with Crippen LogP contribution < -0.4 is 9.80 Å². The van der Waals surface area contributed by atoms with E-state index < -0.39 is 0 Å². The van der Waals surface area contributed by atoms with Crippen LogP contribution in [0.5, 0.6) is 0 Å². The van der Waals surface area contributed by atoms with Crippen LogP contribution in [-0.2, 0) is 0 Å². The third-order valence-corrected chi connectivity index (χ3v) is 14.4. The Labute approximate surface area is 344 Å². The molecule has 0 atom stereocenters. The van der Waals surface area contributed by atoms with Crippen molar-refractivity contribution in [2.75, 3.05) is 36.0 Å². The van der Waals surface area contributed by atoms with Crippen LogP contribution in [0.25, 0.3) is 98.5 Å². The Morgan fingerprint density at radius 3 is 1.61 bits per heavy atom. The first kappa shape index (κ1) is 35.0. The van der Waals surface area contributed by atoms with Gasteiger partial charge in [0.2, 0.25) is 0 Å². The average Bonchev–Trinajstić information content (AvgIpc) is 3.94. The SMILES string of the molecule is CC(C)C1CCN(c2ccc3cc4c(cc3c2)oc2cc(-c3cccc5c3oc3ccccc35)c3oc5cc6cc(N7CCC(C(C)C)CC7)ccc6cc5c3c24)CC1. The van der Waals surface area contributed by atoms with E-state index in [9.17, 15) is 0 Å². The van der Waals surface area contributed by atoms with Gasteiger partial charge in [-0.2, -0.15) is 0 Å². The number of nitrogens with zero attached hydrogens (tertiary/aromatic N) is 2. The normalized spacial score (nSPS) is 16.4. The number of piperidine rings is 2. The lowest BCUT2D eigenvalue weighted by molar-refractivity contribution is 0.311. The highest BCUT2D eigenvalue weighted by molar-refractivity contribution is 6.30. The van der Waals surface area contributed by atoms with E-state index in [4.69, 9.17) is 13.3 Å². The second-order valence-electron chi connectivity index (χ2n) is 18.4. The van der Waals surface area contributed by atoms with Crippen molar-refractivity contribution in [1.29, 1.82) is 0 Å². The Kier molecular flexibility index (Phi) is 7.89. The average molecular weight is 775 g/mol. The van der Waals surface area contributed by atoms with E-state index in [0.717, 1.165) is 127 Å². The van der Waals surface area contributed by atoms with Gasteiger partial charge >= 0.3 is 0 Å². The van der Waals surface area contributed by atoms with Gasteiger partial charge in [-0.15, -0.1) is 0 Å². The van der Waals surface area contributed by atoms with Gasteiger partial charge in [-0.25, -0.2) is 0 Å². The van der Waals surface area contributed by atoms with Crippen LogP contribution in [0.3, 0.4) is 0 Å². The first-order valence-electron chi connectivity index (χ1n) is 22.0. The molecule has 0 N–H and O–H groups in total. The predicted molar refractivity (Wildman–Crippen MR) is 248 cm³/mol. The van der Waals surface area contributed by atoms with Crippen molar-refractivity contribution >= 4 is 98.7 Å². The largest absolute Gasteiger partial charge is 0.456 e. The Morgan fingerprint density at radius 1 is 0.424 bits per heavy atom. The number of fused-ring (bicyclic) bond motifs is 12. The molecule has 0 spiro atoms. The summed E-state index contributed by atoms with van der Waals surface area (Å²) in [6.07, 6.45) is 5.01. The van der Waals surface area contributed by atoms with Gasteiger partial charge < -0.3 is 23.1 Å². The van der Waals surface area contributed by atoms with Gasteiger partial charge in [-0.3, -0.25) is 0 Å². The number of anilines is 2. The van der Waals surface area contributed by atoms with Gasteiger partial charge in [0.25, 0.3) is 0 Å². The van der Waals surface area contributed by atoms with E-state index in [1.165, 1.54) is 58.6 Å². The van der Waals surface area contributed by atoms with E-state index in [1.54, 1.807) is 0 Å². The summed E-state index contributed by atoms with van der Waals surface area (Å²) in [4.78, 5) is 5.13. The second kappa shape index (κ2) is 13.3. The molecule has 0 radical (unpaired) electrons. The van der Waals surface area contributed by atoms with Crippen molar-refractivity contribution in [3.8, 4) is 11.1 Å². The number of hydrogen-bond donors (Lipinski definition) is 0. The van der Waals surface area contributed by atoms with Gasteiger partial charge in [-0.05, 0) is 132 Å². The molecule has 12 rings (SSSR count). The third kappa shape index (κ3) is 5.57. The van der Waals surface area contributed by atoms with Crippen molar-refractivity contribution < 1.29 is 13.3 Å². The molecule has 0 saturated carbocycles. The molecule has 3 aromatic heterocycles. The smallest absolute Gasteiger partial charge is 0.144 e. The van der Waals surface area contributed by atoms with Gasteiger partial charge in [0, 0.05) is 81.0 Å². The molecule has 2 fully saturated rings. The zero-order valence-electron chi connectivity index (χ0n) is 34.5. The highest BCUT2D eigenvalue weighted by Gasteiger charge is 2.26. The second-order valence-corrected chi connectivity index (χ2v) is 18.4. The van der Waals surface area contributed by atoms with Gasteiger partial charge in [0.15, 0.2) is 0 Å². The zero-order valence-corrected chi connectivity index (χ0v) is 34.5. The van der Waals surface area contributed by atoms with Crippen LogP contribution in [0.1, 0.15) is 53.4 Å². The molecule has 0 amide bonds. The summed E-state index contributed by atoms with van der Waals surface area (Å²) in [5, 5.41) is 11.4. The van der Waals surface area contributed by atoms with Crippen LogP contribution in [-0.4, -0.2) is 26.2 Å². The Hall–Kier alpha value is -5.94. The first-order chi connectivity index (χ1) is 28.8. The molecule has 7 aromatic carbocycles. The van der Waals surface area contributed by atoms with Crippen LogP contribution >= 0.6 is 0 Å². The zero-order chi connectivity index (χ0) is 39.5. The summed E-state index contributed by atoms with van der Waals surface area (Å²) in [5.41, 5.74) is 9.79. The Bertz CT molecular complexity index is 3270. The fourth-order valence-electron chi connectivity index (χ4n) is 10.9. The maximum absolute atomic E-state index is 7.11. The molecule has 2 saturated heterocycles. The molecule has 294 valence electrons. The topological polar surface area (TPSA) is 45.9 Å². The molecule has 5 nitrogen and oxygen atoms in total. The summed E-state index contributed by atoms with van der Waals surface area (Å²) in [6.45, 7) is 13.9. The maximum Gasteiger partial charge on any atom is 0.144 e. The van der Waals surface area contributed by atoms with E-state index in [1.807, 2.05) is 6.07 Å². The quantitative estimate of drug-likeness (QED) is 0.174. The van der Waals surface area contributed by atoms with Crippen molar-refractivity contribution in [3.05, 3.63) is 109 Å².